The lowest BCUT2D eigenvalue weighted by atomic mass is 9.96. The standard InChI is InChI=1S/C17H25NO4/c1-12(2)8-15(16(19)9-14-11-21-14)18-17(20)22-10-13-6-4-3-5-7-13/h3-7,12,14-16,19H,8-11H2,1-2H3,(H,18,20)/t14?,15-,16+/m0/s1. The fourth-order valence-corrected chi connectivity index (χ4v) is 2.37. The SMILES string of the molecule is CC(C)C[C@H](NC(=O)OCc1ccccc1)[C@H](O)CC1CO1. The van der Waals surface area contributed by atoms with Crippen LogP contribution in [0.1, 0.15) is 32.3 Å². The maximum Gasteiger partial charge on any atom is 0.407 e. The third-order valence-corrected chi connectivity index (χ3v) is 3.61. The fraction of sp³-hybridized carbons (Fsp3) is 0.588. The van der Waals surface area contributed by atoms with E-state index in [4.69, 9.17) is 9.47 Å². The second-order valence-electron chi connectivity index (χ2n) is 6.20. The summed E-state index contributed by atoms with van der Waals surface area (Å²) in [6, 6.07) is 9.21. The first-order valence-corrected chi connectivity index (χ1v) is 7.81. The average molecular weight is 307 g/mol. The molecule has 1 amide bonds. The van der Waals surface area contributed by atoms with E-state index in [1.807, 2.05) is 30.3 Å². The van der Waals surface area contributed by atoms with Crippen molar-refractivity contribution in [3.8, 4) is 0 Å². The van der Waals surface area contributed by atoms with Gasteiger partial charge in [0.05, 0.1) is 24.9 Å². The van der Waals surface area contributed by atoms with Gasteiger partial charge in [-0.3, -0.25) is 0 Å². The van der Waals surface area contributed by atoms with Crippen molar-refractivity contribution in [2.45, 2.75) is 51.5 Å². The monoisotopic (exact) mass is 307 g/mol. The van der Waals surface area contributed by atoms with Gasteiger partial charge >= 0.3 is 6.09 Å². The molecular formula is C17H25NO4. The van der Waals surface area contributed by atoms with Crippen molar-refractivity contribution in [2.24, 2.45) is 5.92 Å². The summed E-state index contributed by atoms with van der Waals surface area (Å²) in [6.07, 6.45) is 0.279. The molecule has 5 heteroatoms. The number of carbonyl (C=O) groups excluding carboxylic acids is 1. The Hall–Kier alpha value is -1.59. The second kappa shape index (κ2) is 8.15. The summed E-state index contributed by atoms with van der Waals surface area (Å²) in [5.74, 6) is 0.370. The van der Waals surface area contributed by atoms with Gasteiger partial charge in [-0.05, 0) is 17.9 Å². The molecular weight excluding hydrogens is 282 g/mol. The van der Waals surface area contributed by atoms with Crippen molar-refractivity contribution in [3.05, 3.63) is 35.9 Å². The molecule has 1 unspecified atom stereocenters. The number of epoxide rings is 1. The zero-order valence-electron chi connectivity index (χ0n) is 13.2. The number of aliphatic hydroxyl groups excluding tert-OH is 1. The predicted molar refractivity (Wildman–Crippen MR) is 83.4 cm³/mol. The highest BCUT2D eigenvalue weighted by Gasteiger charge is 2.31. The van der Waals surface area contributed by atoms with E-state index < -0.39 is 12.2 Å². The minimum Gasteiger partial charge on any atom is -0.445 e. The number of rotatable bonds is 8. The van der Waals surface area contributed by atoms with Crippen LogP contribution < -0.4 is 5.32 Å². The Morgan fingerprint density at radius 3 is 2.68 bits per heavy atom. The van der Waals surface area contributed by atoms with Gasteiger partial charge in [-0.25, -0.2) is 4.79 Å². The predicted octanol–water partition coefficient (Wildman–Crippen LogP) is 2.48. The summed E-state index contributed by atoms with van der Waals surface area (Å²) in [5.41, 5.74) is 0.935. The highest BCUT2D eigenvalue weighted by atomic mass is 16.6. The molecule has 122 valence electrons. The van der Waals surface area contributed by atoms with E-state index in [-0.39, 0.29) is 18.8 Å². The summed E-state index contributed by atoms with van der Waals surface area (Å²) in [7, 11) is 0. The first-order valence-electron chi connectivity index (χ1n) is 7.81. The lowest BCUT2D eigenvalue weighted by Crippen LogP contribution is -2.44. The second-order valence-corrected chi connectivity index (χ2v) is 6.20. The molecule has 3 atom stereocenters. The van der Waals surface area contributed by atoms with Crippen molar-refractivity contribution in [2.75, 3.05) is 6.61 Å². The normalized spacial score (nSPS) is 19.5. The molecule has 1 saturated heterocycles. The van der Waals surface area contributed by atoms with Crippen LogP contribution in [0.15, 0.2) is 30.3 Å². The Labute approximate surface area is 131 Å². The molecule has 2 rings (SSSR count). The molecule has 1 aliphatic rings. The van der Waals surface area contributed by atoms with Gasteiger partial charge in [-0.1, -0.05) is 44.2 Å². The van der Waals surface area contributed by atoms with Gasteiger partial charge in [0, 0.05) is 6.42 Å². The largest absolute Gasteiger partial charge is 0.445 e. The highest BCUT2D eigenvalue weighted by molar-refractivity contribution is 5.67. The maximum atomic E-state index is 11.9. The van der Waals surface area contributed by atoms with Crippen LogP contribution >= 0.6 is 0 Å². The van der Waals surface area contributed by atoms with Crippen LogP contribution in [0.2, 0.25) is 0 Å². The fourth-order valence-electron chi connectivity index (χ4n) is 2.37. The van der Waals surface area contributed by atoms with Crippen LogP contribution in [-0.2, 0) is 16.1 Å². The maximum absolute atomic E-state index is 11.9. The average Bonchev–Trinajstić information content (AvgIpc) is 3.29. The minimum atomic E-state index is -0.612. The Morgan fingerprint density at radius 2 is 2.09 bits per heavy atom. The molecule has 0 radical (unpaired) electrons. The molecule has 1 aromatic carbocycles. The van der Waals surface area contributed by atoms with Crippen LogP contribution in [0.5, 0.6) is 0 Å². The van der Waals surface area contributed by atoms with Crippen LogP contribution in [-0.4, -0.2) is 36.1 Å². The molecule has 22 heavy (non-hydrogen) atoms. The van der Waals surface area contributed by atoms with Gasteiger partial charge in [0.1, 0.15) is 6.61 Å². The van der Waals surface area contributed by atoms with E-state index in [1.165, 1.54) is 0 Å². The number of aliphatic hydroxyl groups is 1. The van der Waals surface area contributed by atoms with Gasteiger partial charge in [-0.2, -0.15) is 0 Å². The number of amides is 1. The third-order valence-electron chi connectivity index (χ3n) is 3.61. The molecule has 5 nitrogen and oxygen atoms in total. The summed E-state index contributed by atoms with van der Waals surface area (Å²) >= 11 is 0. The van der Waals surface area contributed by atoms with E-state index in [9.17, 15) is 9.90 Å². The van der Waals surface area contributed by atoms with Crippen LogP contribution in [0.4, 0.5) is 4.79 Å². The first kappa shape index (κ1) is 16.8. The zero-order valence-corrected chi connectivity index (χ0v) is 13.2. The molecule has 2 N–H and O–H groups in total. The van der Waals surface area contributed by atoms with Crippen molar-refractivity contribution in [1.29, 1.82) is 0 Å². The van der Waals surface area contributed by atoms with Crippen molar-refractivity contribution in [3.63, 3.8) is 0 Å². The van der Waals surface area contributed by atoms with E-state index in [0.717, 1.165) is 5.56 Å². The number of ether oxygens (including phenoxy) is 2. The molecule has 1 aromatic rings. The molecule has 1 fully saturated rings. The van der Waals surface area contributed by atoms with Gasteiger partial charge in [0.15, 0.2) is 0 Å². The quantitative estimate of drug-likeness (QED) is 0.724. The smallest absolute Gasteiger partial charge is 0.407 e. The van der Waals surface area contributed by atoms with E-state index in [2.05, 4.69) is 19.2 Å². The minimum absolute atomic E-state index is 0.131. The third kappa shape index (κ3) is 6.03. The van der Waals surface area contributed by atoms with Crippen molar-refractivity contribution in [1.82, 2.24) is 5.32 Å². The molecule has 0 saturated carbocycles. The van der Waals surface area contributed by atoms with Crippen LogP contribution in [0, 0.1) is 5.92 Å². The lowest BCUT2D eigenvalue weighted by molar-refractivity contribution is 0.0841. The van der Waals surface area contributed by atoms with E-state index in [0.29, 0.717) is 25.4 Å². The number of hydrogen-bond acceptors (Lipinski definition) is 4. The lowest BCUT2D eigenvalue weighted by Gasteiger charge is -2.25. The summed E-state index contributed by atoms with van der Waals surface area (Å²) < 4.78 is 10.4. The summed E-state index contributed by atoms with van der Waals surface area (Å²) in [5, 5.41) is 13.0. The molecule has 0 aliphatic carbocycles. The van der Waals surface area contributed by atoms with Gasteiger partial charge in [0.25, 0.3) is 0 Å². The van der Waals surface area contributed by atoms with Crippen LogP contribution in [0.3, 0.4) is 0 Å². The molecule has 0 bridgehead atoms. The topological polar surface area (TPSA) is 71.1 Å². The van der Waals surface area contributed by atoms with E-state index >= 15 is 0 Å². The van der Waals surface area contributed by atoms with Gasteiger partial charge in [-0.15, -0.1) is 0 Å². The van der Waals surface area contributed by atoms with Gasteiger partial charge < -0.3 is 19.9 Å². The molecule has 1 heterocycles. The number of carbonyl (C=O) groups is 1. The Morgan fingerprint density at radius 1 is 1.41 bits per heavy atom. The number of benzene rings is 1. The highest BCUT2D eigenvalue weighted by Crippen LogP contribution is 2.20. The van der Waals surface area contributed by atoms with Crippen molar-refractivity contribution < 1.29 is 19.4 Å². The van der Waals surface area contributed by atoms with Gasteiger partial charge in [0.2, 0.25) is 0 Å². The number of alkyl carbamates (subject to hydrolysis) is 1. The van der Waals surface area contributed by atoms with Crippen LogP contribution in [0.25, 0.3) is 0 Å². The number of nitrogens with one attached hydrogen (secondary N) is 1. The molecule has 1 aliphatic heterocycles. The Bertz CT molecular complexity index is 459. The van der Waals surface area contributed by atoms with E-state index in [1.54, 1.807) is 0 Å². The summed E-state index contributed by atoms with van der Waals surface area (Å²) in [4.78, 5) is 11.9. The Balaban J connectivity index is 1.81. The van der Waals surface area contributed by atoms with Crippen molar-refractivity contribution >= 4 is 6.09 Å². The molecule has 0 aromatic heterocycles. The Kier molecular flexibility index (Phi) is 6.21. The zero-order chi connectivity index (χ0) is 15.9. The molecule has 0 spiro atoms. The number of hydrogen-bond donors (Lipinski definition) is 2. The summed E-state index contributed by atoms with van der Waals surface area (Å²) in [6.45, 7) is 5.04. The first-order chi connectivity index (χ1) is 10.5.